The van der Waals surface area contributed by atoms with E-state index in [0.29, 0.717) is 18.9 Å². The Kier molecular flexibility index (Phi) is 3.94. The van der Waals surface area contributed by atoms with Crippen molar-refractivity contribution in [3.05, 3.63) is 24.5 Å². The van der Waals surface area contributed by atoms with Gasteiger partial charge in [0.1, 0.15) is 12.1 Å². The quantitative estimate of drug-likeness (QED) is 0.790. The lowest BCUT2D eigenvalue weighted by Gasteiger charge is -2.15. The average molecular weight is 246 g/mol. The number of benzene rings is 1. The van der Waals surface area contributed by atoms with Crippen LogP contribution in [0.5, 0.6) is 0 Å². The summed E-state index contributed by atoms with van der Waals surface area (Å²) in [6, 6.07) is 5.79. The summed E-state index contributed by atoms with van der Waals surface area (Å²) < 4.78 is 5.37. The van der Waals surface area contributed by atoms with E-state index < -0.39 is 0 Å². The smallest absolute Gasteiger partial charge is 0.137 e. The number of nitrogens with two attached hydrogens (primary N) is 1. The maximum Gasteiger partial charge on any atom is 0.137 e. The molecule has 5 heteroatoms. The van der Waals surface area contributed by atoms with Crippen LogP contribution in [0.25, 0.3) is 10.9 Å². The van der Waals surface area contributed by atoms with Crippen molar-refractivity contribution in [2.24, 2.45) is 0 Å². The fourth-order valence-electron chi connectivity index (χ4n) is 1.76. The van der Waals surface area contributed by atoms with Gasteiger partial charge in [0.2, 0.25) is 0 Å². The first-order valence-corrected chi connectivity index (χ1v) is 6.05. The molecule has 0 radical (unpaired) electrons. The summed E-state index contributed by atoms with van der Waals surface area (Å²) in [5.41, 5.74) is 7.38. The van der Waals surface area contributed by atoms with Crippen molar-refractivity contribution in [2.75, 3.05) is 24.3 Å². The summed E-state index contributed by atoms with van der Waals surface area (Å²) >= 11 is 0. The summed E-state index contributed by atoms with van der Waals surface area (Å²) in [7, 11) is 0. The maximum absolute atomic E-state index is 5.80. The molecule has 0 bridgehead atoms. The number of anilines is 2. The molecule has 0 aliphatic carbocycles. The van der Waals surface area contributed by atoms with Crippen LogP contribution in [-0.4, -0.2) is 29.2 Å². The Morgan fingerprint density at radius 2 is 2.22 bits per heavy atom. The van der Waals surface area contributed by atoms with Gasteiger partial charge >= 0.3 is 0 Å². The Morgan fingerprint density at radius 3 is 3.00 bits per heavy atom. The molecule has 1 unspecified atom stereocenters. The molecule has 1 heterocycles. The topological polar surface area (TPSA) is 73.1 Å². The Balaban J connectivity index is 2.24. The summed E-state index contributed by atoms with van der Waals surface area (Å²) in [5, 5.41) is 4.25. The van der Waals surface area contributed by atoms with Crippen LogP contribution in [0.3, 0.4) is 0 Å². The van der Waals surface area contributed by atoms with E-state index in [0.717, 1.165) is 16.7 Å². The molecule has 96 valence electrons. The molecule has 18 heavy (non-hydrogen) atoms. The number of nitrogens with zero attached hydrogens (tertiary/aromatic N) is 2. The zero-order valence-electron chi connectivity index (χ0n) is 10.7. The van der Waals surface area contributed by atoms with E-state index in [1.807, 2.05) is 25.1 Å². The molecule has 0 aliphatic rings. The first-order chi connectivity index (χ1) is 8.70. The second-order valence-electron chi connectivity index (χ2n) is 4.20. The maximum atomic E-state index is 5.80. The summed E-state index contributed by atoms with van der Waals surface area (Å²) in [6.45, 7) is 5.39. The van der Waals surface area contributed by atoms with Gasteiger partial charge in [-0.3, -0.25) is 0 Å². The molecule has 2 rings (SSSR count). The molecule has 2 aromatic rings. The highest BCUT2D eigenvalue weighted by Gasteiger charge is 2.07. The number of hydrogen-bond acceptors (Lipinski definition) is 5. The third kappa shape index (κ3) is 2.87. The van der Waals surface area contributed by atoms with E-state index in [1.54, 1.807) is 6.33 Å². The highest BCUT2D eigenvalue weighted by molar-refractivity contribution is 5.91. The number of hydrogen-bond donors (Lipinski definition) is 2. The number of fused-ring (bicyclic) bond motifs is 1. The Morgan fingerprint density at radius 1 is 1.39 bits per heavy atom. The average Bonchev–Trinajstić information content (AvgIpc) is 2.37. The van der Waals surface area contributed by atoms with Crippen LogP contribution in [0.15, 0.2) is 24.5 Å². The molecule has 0 fully saturated rings. The molecule has 5 nitrogen and oxygen atoms in total. The first-order valence-electron chi connectivity index (χ1n) is 6.05. The van der Waals surface area contributed by atoms with E-state index in [4.69, 9.17) is 10.5 Å². The van der Waals surface area contributed by atoms with E-state index in [-0.39, 0.29) is 6.04 Å². The van der Waals surface area contributed by atoms with Crippen LogP contribution in [-0.2, 0) is 4.74 Å². The Bertz CT molecular complexity index is 529. The fraction of sp³-hybridized carbons (Fsp3) is 0.385. The van der Waals surface area contributed by atoms with Crippen LogP contribution >= 0.6 is 0 Å². The predicted molar refractivity (Wildman–Crippen MR) is 73.5 cm³/mol. The molecule has 1 atom stereocenters. The number of nitrogen functional groups attached to an aromatic ring is 1. The normalized spacial score (nSPS) is 12.6. The minimum atomic E-state index is 0.185. The Hall–Kier alpha value is -1.88. The van der Waals surface area contributed by atoms with Crippen LogP contribution in [0.2, 0.25) is 0 Å². The van der Waals surface area contributed by atoms with Gasteiger partial charge in [-0.25, -0.2) is 9.97 Å². The zero-order valence-corrected chi connectivity index (χ0v) is 10.7. The lowest BCUT2D eigenvalue weighted by atomic mass is 10.2. The number of aromatic nitrogens is 2. The van der Waals surface area contributed by atoms with Gasteiger partial charge in [0.05, 0.1) is 12.1 Å². The minimum Gasteiger partial charge on any atom is -0.399 e. The largest absolute Gasteiger partial charge is 0.399 e. The van der Waals surface area contributed by atoms with Crippen molar-refractivity contribution in [3.63, 3.8) is 0 Å². The molecule has 1 aromatic carbocycles. The number of nitrogens with one attached hydrogen (secondary N) is 1. The van der Waals surface area contributed by atoms with Gasteiger partial charge in [-0.15, -0.1) is 0 Å². The standard InChI is InChI=1S/C13H18N4O/c1-3-18-7-9(2)17-13-11-6-10(14)4-5-12(11)15-8-16-13/h4-6,8-9H,3,7,14H2,1-2H3,(H,15,16,17). The SMILES string of the molecule is CCOCC(C)Nc1ncnc2ccc(N)cc12. The van der Waals surface area contributed by atoms with Crippen molar-refractivity contribution in [1.29, 1.82) is 0 Å². The van der Waals surface area contributed by atoms with Crippen molar-refractivity contribution < 1.29 is 4.74 Å². The lowest BCUT2D eigenvalue weighted by molar-refractivity contribution is 0.141. The molecular weight excluding hydrogens is 228 g/mol. The van der Waals surface area contributed by atoms with E-state index >= 15 is 0 Å². The van der Waals surface area contributed by atoms with Gasteiger partial charge in [-0.1, -0.05) is 0 Å². The van der Waals surface area contributed by atoms with Crippen LogP contribution in [0, 0.1) is 0 Å². The van der Waals surface area contributed by atoms with Crippen molar-refractivity contribution in [1.82, 2.24) is 9.97 Å². The van der Waals surface area contributed by atoms with Gasteiger partial charge in [-0.05, 0) is 32.0 Å². The van der Waals surface area contributed by atoms with Gasteiger partial charge in [-0.2, -0.15) is 0 Å². The van der Waals surface area contributed by atoms with Crippen LogP contribution in [0.1, 0.15) is 13.8 Å². The highest BCUT2D eigenvalue weighted by Crippen LogP contribution is 2.22. The molecule has 0 amide bonds. The number of rotatable bonds is 5. The summed E-state index contributed by atoms with van der Waals surface area (Å²) in [6.07, 6.45) is 1.55. The molecule has 0 saturated carbocycles. The van der Waals surface area contributed by atoms with E-state index in [9.17, 15) is 0 Å². The third-order valence-electron chi connectivity index (χ3n) is 2.61. The van der Waals surface area contributed by atoms with E-state index in [2.05, 4.69) is 22.2 Å². The second kappa shape index (κ2) is 5.64. The highest BCUT2D eigenvalue weighted by atomic mass is 16.5. The molecule has 1 aromatic heterocycles. The molecule has 3 N–H and O–H groups in total. The second-order valence-corrected chi connectivity index (χ2v) is 4.20. The predicted octanol–water partition coefficient (Wildman–Crippen LogP) is 2.05. The number of ether oxygens (including phenoxy) is 1. The van der Waals surface area contributed by atoms with Crippen molar-refractivity contribution in [2.45, 2.75) is 19.9 Å². The molecule has 0 aliphatic heterocycles. The third-order valence-corrected chi connectivity index (χ3v) is 2.61. The first kappa shape index (κ1) is 12.6. The van der Waals surface area contributed by atoms with Crippen molar-refractivity contribution in [3.8, 4) is 0 Å². The minimum absolute atomic E-state index is 0.185. The zero-order chi connectivity index (χ0) is 13.0. The molecule has 0 spiro atoms. The lowest BCUT2D eigenvalue weighted by Crippen LogP contribution is -2.22. The fourth-order valence-corrected chi connectivity index (χ4v) is 1.76. The van der Waals surface area contributed by atoms with E-state index in [1.165, 1.54) is 0 Å². The van der Waals surface area contributed by atoms with Gasteiger partial charge < -0.3 is 15.8 Å². The summed E-state index contributed by atoms with van der Waals surface area (Å²) in [5.74, 6) is 0.791. The van der Waals surface area contributed by atoms with Crippen LogP contribution < -0.4 is 11.1 Å². The monoisotopic (exact) mass is 246 g/mol. The van der Waals surface area contributed by atoms with Gasteiger partial charge in [0.15, 0.2) is 0 Å². The van der Waals surface area contributed by atoms with Gasteiger partial charge in [0.25, 0.3) is 0 Å². The van der Waals surface area contributed by atoms with Gasteiger partial charge in [0, 0.05) is 23.7 Å². The van der Waals surface area contributed by atoms with Crippen molar-refractivity contribution >= 4 is 22.4 Å². The van der Waals surface area contributed by atoms with Crippen LogP contribution in [0.4, 0.5) is 11.5 Å². The summed E-state index contributed by atoms with van der Waals surface area (Å²) in [4.78, 5) is 8.48. The Labute approximate surface area is 106 Å². The molecule has 0 saturated heterocycles. The molecular formula is C13H18N4O.